The fraction of sp³-hybridized carbons (Fsp3) is 0.194. The summed E-state index contributed by atoms with van der Waals surface area (Å²) >= 11 is 0. The van der Waals surface area contributed by atoms with Gasteiger partial charge in [0.05, 0.1) is 23.3 Å². The van der Waals surface area contributed by atoms with Crippen molar-refractivity contribution < 1.29 is 19.5 Å². The molecule has 2 bridgehead atoms. The van der Waals surface area contributed by atoms with Crippen LogP contribution in [0.4, 0.5) is 16.2 Å². The van der Waals surface area contributed by atoms with Gasteiger partial charge in [-0.25, -0.2) is 9.59 Å². The van der Waals surface area contributed by atoms with Gasteiger partial charge in [0.2, 0.25) is 5.91 Å². The summed E-state index contributed by atoms with van der Waals surface area (Å²) < 4.78 is 0. The predicted molar refractivity (Wildman–Crippen MR) is 166 cm³/mol. The zero-order valence-corrected chi connectivity index (χ0v) is 23.5. The van der Waals surface area contributed by atoms with E-state index in [1.54, 1.807) is 9.80 Å². The number of urea groups is 1. The van der Waals surface area contributed by atoms with Crippen molar-refractivity contribution in [3.05, 3.63) is 131 Å². The van der Waals surface area contributed by atoms with Crippen molar-refractivity contribution in [3.8, 4) is 0 Å². The SMILES string of the molecule is O=C(O)[C@@H]1[C@H]2CC[C@@H](CN1C(=O)N1c3ccccc3C=Cc3ccccc31)N2C(=O)C(c1ccccc1)c1ccccc1. The zero-order chi connectivity index (χ0) is 29.5. The lowest BCUT2D eigenvalue weighted by molar-refractivity contribution is -0.151. The van der Waals surface area contributed by atoms with Crippen molar-refractivity contribution in [3.63, 3.8) is 0 Å². The molecule has 0 saturated carbocycles. The second-order valence-corrected chi connectivity index (χ2v) is 11.3. The van der Waals surface area contributed by atoms with Crippen LogP contribution < -0.4 is 4.90 Å². The highest BCUT2D eigenvalue weighted by Crippen LogP contribution is 2.42. The molecular formula is C36H31N3O4. The molecule has 0 radical (unpaired) electrons. The van der Waals surface area contributed by atoms with Crippen molar-refractivity contribution >= 4 is 41.4 Å². The average Bonchev–Trinajstić information content (AvgIpc) is 3.23. The molecule has 3 heterocycles. The van der Waals surface area contributed by atoms with Gasteiger partial charge in [0, 0.05) is 12.6 Å². The number of rotatable bonds is 4. The molecule has 214 valence electrons. The maximum Gasteiger partial charge on any atom is 0.330 e. The Morgan fingerprint density at radius 2 is 1.19 bits per heavy atom. The number of hydrogen-bond donors (Lipinski definition) is 1. The van der Waals surface area contributed by atoms with Crippen molar-refractivity contribution in [1.82, 2.24) is 9.80 Å². The van der Waals surface area contributed by atoms with Crippen LogP contribution in [0.3, 0.4) is 0 Å². The molecule has 7 nitrogen and oxygen atoms in total. The number of carbonyl (C=O) groups excluding carboxylic acids is 2. The molecule has 2 fully saturated rings. The van der Waals surface area contributed by atoms with E-state index in [1.807, 2.05) is 121 Å². The van der Waals surface area contributed by atoms with Crippen molar-refractivity contribution in [2.24, 2.45) is 0 Å². The number of carbonyl (C=O) groups is 3. The van der Waals surface area contributed by atoms with E-state index in [9.17, 15) is 19.5 Å². The smallest absolute Gasteiger partial charge is 0.330 e. The Morgan fingerprint density at radius 3 is 1.72 bits per heavy atom. The minimum Gasteiger partial charge on any atom is -0.480 e. The Bertz CT molecular complexity index is 1630. The number of hydrogen-bond acceptors (Lipinski definition) is 3. The van der Waals surface area contributed by atoms with Crippen molar-refractivity contribution in [2.75, 3.05) is 11.4 Å². The van der Waals surface area contributed by atoms with Gasteiger partial charge in [0.1, 0.15) is 0 Å². The Labute approximate surface area is 250 Å². The number of para-hydroxylation sites is 2. The largest absolute Gasteiger partial charge is 0.480 e. The number of carboxylic acids is 1. The number of anilines is 2. The molecule has 3 amide bonds. The Balaban J connectivity index is 1.27. The first-order valence-electron chi connectivity index (χ1n) is 14.6. The van der Waals surface area contributed by atoms with Gasteiger partial charge in [-0.2, -0.15) is 0 Å². The molecule has 3 aliphatic rings. The lowest BCUT2D eigenvalue weighted by atomic mass is 9.88. The number of amides is 3. The molecule has 4 aromatic rings. The summed E-state index contributed by atoms with van der Waals surface area (Å²) in [6, 6.07) is 32.0. The van der Waals surface area contributed by atoms with Crippen molar-refractivity contribution in [2.45, 2.75) is 36.9 Å². The van der Waals surface area contributed by atoms with E-state index in [2.05, 4.69) is 0 Å². The number of carboxylic acid groups (broad SMARTS) is 1. The van der Waals surface area contributed by atoms with Crippen LogP contribution in [-0.2, 0) is 9.59 Å². The lowest BCUT2D eigenvalue weighted by Gasteiger charge is -2.47. The van der Waals surface area contributed by atoms with Gasteiger partial charge in [-0.1, -0.05) is 109 Å². The van der Waals surface area contributed by atoms with Gasteiger partial charge in [-0.3, -0.25) is 9.69 Å². The van der Waals surface area contributed by atoms with E-state index in [0.717, 1.165) is 22.3 Å². The van der Waals surface area contributed by atoms with E-state index in [0.29, 0.717) is 24.2 Å². The van der Waals surface area contributed by atoms with Crippen LogP contribution in [0.5, 0.6) is 0 Å². The van der Waals surface area contributed by atoms with Crippen LogP contribution in [0.25, 0.3) is 12.2 Å². The maximum atomic E-state index is 14.6. The number of fused-ring (bicyclic) bond motifs is 4. The maximum absolute atomic E-state index is 14.6. The van der Waals surface area contributed by atoms with Crippen LogP contribution in [0.15, 0.2) is 109 Å². The highest BCUT2D eigenvalue weighted by Gasteiger charge is 2.54. The molecule has 1 N–H and O–H groups in total. The molecule has 7 heteroatoms. The van der Waals surface area contributed by atoms with Crippen LogP contribution in [0.1, 0.15) is 41.0 Å². The summed E-state index contributed by atoms with van der Waals surface area (Å²) in [5.74, 6) is -1.81. The molecule has 0 spiro atoms. The molecule has 2 saturated heterocycles. The Hall–Kier alpha value is -5.17. The lowest BCUT2D eigenvalue weighted by Crippen LogP contribution is -2.66. The number of benzene rings is 4. The first-order valence-corrected chi connectivity index (χ1v) is 14.6. The Morgan fingerprint density at radius 1 is 0.674 bits per heavy atom. The van der Waals surface area contributed by atoms with E-state index in [-0.39, 0.29) is 18.5 Å². The zero-order valence-electron chi connectivity index (χ0n) is 23.5. The molecular weight excluding hydrogens is 538 g/mol. The average molecular weight is 570 g/mol. The normalized spacial score (nSPS) is 20.4. The van der Waals surface area contributed by atoms with Gasteiger partial charge in [0.15, 0.2) is 6.04 Å². The van der Waals surface area contributed by atoms with Gasteiger partial charge in [-0.05, 0) is 47.2 Å². The summed E-state index contributed by atoms with van der Waals surface area (Å²) in [7, 11) is 0. The fourth-order valence-corrected chi connectivity index (χ4v) is 7.01. The second kappa shape index (κ2) is 10.9. The third kappa shape index (κ3) is 4.57. The minimum absolute atomic E-state index is 0.127. The molecule has 7 rings (SSSR count). The molecule has 3 aliphatic heterocycles. The van der Waals surface area contributed by atoms with Crippen LogP contribution in [0.2, 0.25) is 0 Å². The van der Waals surface area contributed by atoms with Gasteiger partial charge in [0.25, 0.3) is 0 Å². The number of likely N-dealkylation sites (tertiary alicyclic amines) is 1. The number of aliphatic carboxylic acids is 1. The van der Waals surface area contributed by atoms with E-state index < -0.39 is 30.0 Å². The highest BCUT2D eigenvalue weighted by molar-refractivity contribution is 6.06. The number of nitrogens with zero attached hydrogens (tertiary/aromatic N) is 3. The first kappa shape index (κ1) is 26.7. The predicted octanol–water partition coefficient (Wildman–Crippen LogP) is 6.39. The topological polar surface area (TPSA) is 81.2 Å². The second-order valence-electron chi connectivity index (χ2n) is 11.3. The summed E-state index contributed by atoms with van der Waals surface area (Å²) in [5, 5.41) is 10.6. The molecule has 3 atom stereocenters. The van der Waals surface area contributed by atoms with Crippen molar-refractivity contribution in [1.29, 1.82) is 0 Å². The standard InChI is InChI=1S/C36H31N3O4/c40-34(32(26-13-3-1-4-14-26)27-15-5-2-6-16-27)38-28-21-22-31(38)33(35(41)42)37(23-28)36(43)39-29-17-9-7-11-24(29)19-20-25-12-8-10-18-30(25)39/h1-20,28,31-33H,21-23H2,(H,41,42)/t28-,31+,33-/m0/s1. The van der Waals surface area contributed by atoms with Crippen LogP contribution in [-0.4, -0.2) is 57.5 Å². The van der Waals surface area contributed by atoms with Gasteiger partial charge < -0.3 is 14.9 Å². The van der Waals surface area contributed by atoms with E-state index in [1.165, 1.54) is 4.90 Å². The third-order valence-corrected chi connectivity index (χ3v) is 8.91. The molecule has 0 aliphatic carbocycles. The highest BCUT2D eigenvalue weighted by atomic mass is 16.4. The first-order chi connectivity index (χ1) is 21.0. The van der Waals surface area contributed by atoms with Gasteiger partial charge >= 0.3 is 12.0 Å². The summed E-state index contributed by atoms with van der Waals surface area (Å²) in [4.78, 5) is 47.0. The monoisotopic (exact) mass is 569 g/mol. The molecule has 0 aromatic heterocycles. The molecule has 0 unspecified atom stereocenters. The fourth-order valence-electron chi connectivity index (χ4n) is 7.01. The molecule has 43 heavy (non-hydrogen) atoms. The molecule has 4 aromatic carbocycles. The number of piperazine rings is 1. The summed E-state index contributed by atoms with van der Waals surface area (Å²) in [5.41, 5.74) is 4.82. The van der Waals surface area contributed by atoms with Crippen LogP contribution in [0, 0.1) is 0 Å². The van der Waals surface area contributed by atoms with Gasteiger partial charge in [-0.15, -0.1) is 0 Å². The quantitative estimate of drug-likeness (QED) is 0.309. The van der Waals surface area contributed by atoms with E-state index >= 15 is 0 Å². The van der Waals surface area contributed by atoms with E-state index in [4.69, 9.17) is 0 Å². The third-order valence-electron chi connectivity index (χ3n) is 8.91. The summed E-state index contributed by atoms with van der Waals surface area (Å²) in [6.45, 7) is 0.141. The minimum atomic E-state index is -1.18. The summed E-state index contributed by atoms with van der Waals surface area (Å²) in [6.07, 6.45) is 5.10. The Kier molecular flexibility index (Phi) is 6.78. The van der Waals surface area contributed by atoms with Crippen LogP contribution >= 0.6 is 0 Å².